The van der Waals surface area contributed by atoms with Crippen molar-refractivity contribution in [2.45, 2.75) is 49.3 Å². The van der Waals surface area contributed by atoms with Crippen molar-refractivity contribution in [1.82, 2.24) is 19.2 Å². The summed E-state index contributed by atoms with van der Waals surface area (Å²) in [6, 6.07) is 3.21. The highest BCUT2D eigenvalue weighted by molar-refractivity contribution is 7.89. The maximum atomic E-state index is 13.7. The number of aromatic hydroxyl groups is 1. The van der Waals surface area contributed by atoms with Gasteiger partial charge in [0.05, 0.1) is 18.0 Å². The third-order valence-electron chi connectivity index (χ3n) is 6.10. The van der Waals surface area contributed by atoms with E-state index in [1.54, 1.807) is 0 Å². The predicted octanol–water partition coefficient (Wildman–Crippen LogP) is 1.07. The minimum Gasteiger partial charge on any atom is -0.501 e. The van der Waals surface area contributed by atoms with Crippen LogP contribution in [0.5, 0.6) is 5.75 Å². The van der Waals surface area contributed by atoms with E-state index in [1.807, 2.05) is 0 Å². The van der Waals surface area contributed by atoms with E-state index in [4.69, 9.17) is 4.74 Å². The minimum atomic E-state index is -3.98. The molecule has 0 unspecified atom stereocenters. The predicted molar refractivity (Wildman–Crippen MR) is 115 cm³/mol. The smallest absolute Gasteiger partial charge is 0.296 e. The van der Waals surface area contributed by atoms with Crippen molar-refractivity contribution in [3.05, 3.63) is 51.5 Å². The Bertz CT molecular complexity index is 1270. The Hall–Kier alpha value is -2.83. The molecule has 1 aliphatic heterocycles. The van der Waals surface area contributed by atoms with Gasteiger partial charge in [-0.25, -0.2) is 22.1 Å². The number of ether oxygens (including phenoxy) is 1. The average molecular weight is 481 g/mol. The van der Waals surface area contributed by atoms with Gasteiger partial charge in [0.25, 0.3) is 11.5 Å². The molecule has 10 nitrogen and oxygen atoms in total. The number of carbonyl (C=O) groups excluding carboxylic acids is 1. The number of benzene rings is 1. The van der Waals surface area contributed by atoms with Crippen molar-refractivity contribution < 1.29 is 27.4 Å². The first-order valence-electron chi connectivity index (χ1n) is 10.5. The lowest BCUT2D eigenvalue weighted by Crippen LogP contribution is -2.44. The molecule has 1 spiro atoms. The van der Waals surface area contributed by atoms with Gasteiger partial charge < -0.3 is 15.2 Å². The third-order valence-corrected chi connectivity index (χ3v) is 8.00. The van der Waals surface area contributed by atoms with Crippen LogP contribution in [-0.4, -0.2) is 54.0 Å². The van der Waals surface area contributed by atoms with Gasteiger partial charge in [-0.3, -0.25) is 14.2 Å². The van der Waals surface area contributed by atoms with Gasteiger partial charge >= 0.3 is 0 Å². The lowest BCUT2D eigenvalue weighted by molar-refractivity contribution is -0.0789. The Morgan fingerprint density at radius 3 is 2.70 bits per heavy atom. The van der Waals surface area contributed by atoms with Crippen LogP contribution in [0.4, 0.5) is 4.39 Å². The van der Waals surface area contributed by atoms with E-state index in [2.05, 4.69) is 10.3 Å². The fourth-order valence-electron chi connectivity index (χ4n) is 4.34. The molecule has 0 radical (unpaired) electrons. The molecule has 2 heterocycles. The summed E-state index contributed by atoms with van der Waals surface area (Å²) in [7, 11) is -1.35. The van der Waals surface area contributed by atoms with E-state index in [9.17, 15) is 27.5 Å². The number of carbonyl (C=O) groups is 1. The Kier molecular flexibility index (Phi) is 6.01. The van der Waals surface area contributed by atoms with Crippen molar-refractivity contribution in [3.8, 4) is 5.75 Å². The zero-order valence-electron chi connectivity index (χ0n) is 18.3. The molecule has 2 N–H and O–H groups in total. The normalized spacial score (nSPS) is 17.3. The van der Waals surface area contributed by atoms with Gasteiger partial charge in [-0.2, -0.15) is 0 Å². The Labute approximate surface area is 190 Å². The largest absolute Gasteiger partial charge is 0.501 e. The number of nitrogens with zero attached hydrogens (tertiary/aromatic N) is 3. The second-order valence-electron chi connectivity index (χ2n) is 8.36. The molecule has 2 aliphatic rings. The molecule has 0 bridgehead atoms. The first kappa shape index (κ1) is 23.3. The van der Waals surface area contributed by atoms with Gasteiger partial charge in [0, 0.05) is 20.6 Å². The van der Waals surface area contributed by atoms with Gasteiger partial charge in [-0.05, 0) is 43.4 Å². The monoisotopic (exact) mass is 480 g/mol. The van der Waals surface area contributed by atoms with Crippen LogP contribution in [0.15, 0.2) is 27.9 Å². The molecule has 1 fully saturated rings. The van der Waals surface area contributed by atoms with Crippen LogP contribution in [-0.2, 0) is 33.5 Å². The molecule has 33 heavy (non-hydrogen) atoms. The standard InChI is InChI=1S/C21H25FN4O6S/c1-25(2)33(30,31)15-11-14(22)6-5-13(15)12-23-18(28)16-17(27)19(29)26-9-10-32-21(20(26)24-16)7-3-4-8-21/h5-6,11,27H,3-4,7-10,12H2,1-2H3,(H,23,28). The molecule has 1 amide bonds. The van der Waals surface area contributed by atoms with Crippen molar-refractivity contribution in [2.75, 3.05) is 20.7 Å². The van der Waals surface area contributed by atoms with Crippen molar-refractivity contribution in [2.24, 2.45) is 0 Å². The first-order valence-corrected chi connectivity index (χ1v) is 12.0. The fourth-order valence-corrected chi connectivity index (χ4v) is 5.47. The zero-order chi connectivity index (χ0) is 24.0. The highest BCUT2D eigenvalue weighted by Gasteiger charge is 2.44. The molecule has 0 atom stereocenters. The molecule has 1 aromatic carbocycles. The number of nitrogens with one attached hydrogen (secondary N) is 1. The quantitative estimate of drug-likeness (QED) is 0.654. The van der Waals surface area contributed by atoms with Gasteiger partial charge in [0.1, 0.15) is 17.2 Å². The molecular weight excluding hydrogens is 455 g/mol. The molecular formula is C21H25FN4O6S. The van der Waals surface area contributed by atoms with Gasteiger partial charge in [-0.1, -0.05) is 6.07 Å². The van der Waals surface area contributed by atoms with Crippen LogP contribution >= 0.6 is 0 Å². The van der Waals surface area contributed by atoms with Gasteiger partial charge in [-0.15, -0.1) is 0 Å². The van der Waals surface area contributed by atoms with E-state index < -0.39 is 44.4 Å². The molecule has 2 aromatic rings. The Balaban J connectivity index is 1.66. The zero-order valence-corrected chi connectivity index (χ0v) is 19.1. The van der Waals surface area contributed by atoms with Crippen LogP contribution in [0.1, 0.15) is 47.6 Å². The Morgan fingerprint density at radius 1 is 1.33 bits per heavy atom. The maximum Gasteiger partial charge on any atom is 0.296 e. The number of sulfonamides is 1. The number of fused-ring (bicyclic) bond motifs is 2. The lowest BCUT2D eigenvalue weighted by Gasteiger charge is -2.35. The van der Waals surface area contributed by atoms with Crippen LogP contribution in [0.2, 0.25) is 0 Å². The molecule has 1 saturated carbocycles. The maximum absolute atomic E-state index is 13.7. The minimum absolute atomic E-state index is 0.142. The first-order chi connectivity index (χ1) is 15.6. The van der Waals surface area contributed by atoms with Crippen molar-refractivity contribution in [3.63, 3.8) is 0 Å². The van der Waals surface area contributed by atoms with Crippen molar-refractivity contribution in [1.29, 1.82) is 0 Å². The van der Waals surface area contributed by atoms with E-state index in [0.29, 0.717) is 25.3 Å². The van der Waals surface area contributed by atoms with Crippen LogP contribution in [0, 0.1) is 5.82 Å². The van der Waals surface area contributed by atoms with E-state index in [-0.39, 0.29) is 23.5 Å². The summed E-state index contributed by atoms with van der Waals surface area (Å²) >= 11 is 0. The second kappa shape index (κ2) is 8.50. The number of rotatable bonds is 5. The lowest BCUT2D eigenvalue weighted by atomic mass is 9.99. The number of aromatic nitrogens is 2. The van der Waals surface area contributed by atoms with Crippen LogP contribution < -0.4 is 10.9 Å². The highest BCUT2D eigenvalue weighted by Crippen LogP contribution is 2.43. The number of halogens is 1. The van der Waals surface area contributed by atoms with E-state index >= 15 is 0 Å². The second-order valence-corrected chi connectivity index (χ2v) is 10.5. The molecule has 12 heteroatoms. The number of amides is 1. The summed E-state index contributed by atoms with van der Waals surface area (Å²) in [4.78, 5) is 29.7. The summed E-state index contributed by atoms with van der Waals surface area (Å²) < 4.78 is 47.1. The summed E-state index contributed by atoms with van der Waals surface area (Å²) in [5.41, 5.74) is -1.80. The van der Waals surface area contributed by atoms with Crippen molar-refractivity contribution >= 4 is 15.9 Å². The molecule has 1 aliphatic carbocycles. The fraction of sp³-hybridized carbons (Fsp3) is 0.476. The summed E-state index contributed by atoms with van der Waals surface area (Å²) in [5.74, 6) is -2.07. The Morgan fingerprint density at radius 2 is 2.03 bits per heavy atom. The van der Waals surface area contributed by atoms with Crippen LogP contribution in [0.3, 0.4) is 0 Å². The molecule has 0 saturated heterocycles. The average Bonchev–Trinajstić information content (AvgIpc) is 3.24. The molecule has 178 valence electrons. The summed E-state index contributed by atoms with van der Waals surface area (Å²) in [5, 5.41) is 12.9. The van der Waals surface area contributed by atoms with Gasteiger partial charge in [0.2, 0.25) is 15.8 Å². The van der Waals surface area contributed by atoms with E-state index in [0.717, 1.165) is 29.3 Å². The highest BCUT2D eigenvalue weighted by atomic mass is 32.2. The SMILES string of the molecule is CN(C)S(=O)(=O)c1cc(F)ccc1CNC(=O)c1nc2n(c(=O)c1O)CCOC21CCCC1. The topological polar surface area (TPSA) is 131 Å². The molecule has 1 aromatic heterocycles. The number of hydrogen-bond acceptors (Lipinski definition) is 7. The van der Waals surface area contributed by atoms with Gasteiger partial charge in [0.15, 0.2) is 5.69 Å². The summed E-state index contributed by atoms with van der Waals surface area (Å²) in [6.07, 6.45) is 3.11. The summed E-state index contributed by atoms with van der Waals surface area (Å²) in [6.45, 7) is 0.246. The molecule has 4 rings (SSSR count). The van der Waals surface area contributed by atoms with E-state index in [1.165, 1.54) is 24.7 Å². The van der Waals surface area contributed by atoms with Crippen LogP contribution in [0.25, 0.3) is 0 Å². The number of hydrogen-bond donors (Lipinski definition) is 2. The third kappa shape index (κ3) is 4.02.